The quantitative estimate of drug-likeness (QED) is 0.678. The molecule has 0 unspecified atom stereocenters. The van der Waals surface area contributed by atoms with Gasteiger partial charge < -0.3 is 24.2 Å². The zero-order valence-electron chi connectivity index (χ0n) is 18.8. The number of quaternary nitrogens is 2. The number of rotatable bonds is 7. The SMILES string of the molecule is COc1cc(C)c(C[NH+]2CC[NH+]([C@@H](C(=O)N(C)C)c3ccccc3)CC2)cc1OC. The highest BCUT2D eigenvalue weighted by Crippen LogP contribution is 2.29. The Morgan fingerprint density at radius 2 is 1.60 bits per heavy atom. The van der Waals surface area contributed by atoms with Gasteiger partial charge in [-0.15, -0.1) is 0 Å². The lowest BCUT2D eigenvalue weighted by Crippen LogP contribution is -3.28. The number of hydrogen-bond acceptors (Lipinski definition) is 3. The molecule has 1 fully saturated rings. The first-order valence-corrected chi connectivity index (χ1v) is 10.6. The number of likely N-dealkylation sites (N-methyl/N-ethyl adjacent to an activating group) is 1. The van der Waals surface area contributed by atoms with Crippen LogP contribution in [0.5, 0.6) is 11.5 Å². The highest BCUT2D eigenvalue weighted by Gasteiger charge is 2.36. The Labute approximate surface area is 180 Å². The molecule has 0 aliphatic carbocycles. The Morgan fingerprint density at radius 3 is 2.17 bits per heavy atom. The molecule has 0 radical (unpaired) electrons. The Morgan fingerprint density at radius 1 is 1.00 bits per heavy atom. The van der Waals surface area contributed by atoms with Crippen molar-refractivity contribution in [2.45, 2.75) is 19.5 Å². The van der Waals surface area contributed by atoms with Gasteiger partial charge in [0.2, 0.25) is 0 Å². The Balaban J connectivity index is 1.70. The molecule has 1 heterocycles. The number of aryl methyl sites for hydroxylation is 1. The van der Waals surface area contributed by atoms with Crippen LogP contribution in [0.1, 0.15) is 22.7 Å². The Bertz CT molecular complexity index is 846. The van der Waals surface area contributed by atoms with Crippen LogP contribution in [0.2, 0.25) is 0 Å². The van der Waals surface area contributed by atoms with E-state index in [0.29, 0.717) is 0 Å². The van der Waals surface area contributed by atoms with Crippen LogP contribution in [0.25, 0.3) is 0 Å². The van der Waals surface area contributed by atoms with Crippen molar-refractivity contribution in [1.82, 2.24) is 4.90 Å². The minimum absolute atomic E-state index is 0.134. The number of methoxy groups -OCH3 is 2. The highest BCUT2D eigenvalue weighted by atomic mass is 16.5. The average molecular weight is 414 g/mol. The average Bonchev–Trinajstić information content (AvgIpc) is 2.76. The second-order valence-electron chi connectivity index (χ2n) is 8.30. The van der Waals surface area contributed by atoms with E-state index < -0.39 is 0 Å². The van der Waals surface area contributed by atoms with Crippen molar-refractivity contribution in [3.8, 4) is 11.5 Å². The molecule has 0 aromatic heterocycles. The molecular weight excluding hydrogens is 378 g/mol. The smallest absolute Gasteiger partial charge is 0.285 e. The van der Waals surface area contributed by atoms with Gasteiger partial charge in [0.1, 0.15) is 32.7 Å². The van der Waals surface area contributed by atoms with Gasteiger partial charge in [-0.3, -0.25) is 4.79 Å². The van der Waals surface area contributed by atoms with Gasteiger partial charge in [0.25, 0.3) is 5.91 Å². The number of amides is 1. The van der Waals surface area contributed by atoms with E-state index in [-0.39, 0.29) is 11.9 Å². The zero-order valence-corrected chi connectivity index (χ0v) is 18.8. The van der Waals surface area contributed by atoms with Gasteiger partial charge in [-0.05, 0) is 24.6 Å². The third-order valence-corrected chi connectivity index (χ3v) is 6.11. The Hall–Kier alpha value is -2.57. The third-order valence-electron chi connectivity index (χ3n) is 6.11. The molecule has 1 aliphatic heterocycles. The molecule has 3 rings (SSSR count). The molecule has 1 aliphatic rings. The maximum Gasteiger partial charge on any atom is 0.285 e. The third kappa shape index (κ3) is 4.94. The van der Waals surface area contributed by atoms with E-state index in [4.69, 9.17) is 9.47 Å². The first-order chi connectivity index (χ1) is 14.4. The van der Waals surface area contributed by atoms with E-state index in [2.05, 4.69) is 31.2 Å². The lowest BCUT2D eigenvalue weighted by Gasteiger charge is -2.35. The van der Waals surface area contributed by atoms with Crippen LogP contribution in [0.15, 0.2) is 42.5 Å². The minimum atomic E-state index is -0.134. The summed E-state index contributed by atoms with van der Waals surface area (Å²) in [4.78, 5) is 17.6. The predicted octanol–water partition coefficient (Wildman–Crippen LogP) is 0.125. The molecule has 0 saturated carbocycles. The van der Waals surface area contributed by atoms with Crippen LogP contribution in [-0.4, -0.2) is 65.3 Å². The summed E-state index contributed by atoms with van der Waals surface area (Å²) in [5.74, 6) is 1.73. The fourth-order valence-electron chi connectivity index (χ4n) is 4.33. The van der Waals surface area contributed by atoms with Crippen LogP contribution < -0.4 is 19.3 Å². The van der Waals surface area contributed by atoms with Gasteiger partial charge in [-0.1, -0.05) is 30.3 Å². The summed E-state index contributed by atoms with van der Waals surface area (Å²) >= 11 is 0. The summed E-state index contributed by atoms with van der Waals surface area (Å²) in [6.45, 7) is 7.10. The fourth-order valence-corrected chi connectivity index (χ4v) is 4.33. The Kier molecular flexibility index (Phi) is 7.34. The molecule has 1 atom stereocenters. The van der Waals surface area contributed by atoms with Gasteiger partial charge in [0.05, 0.1) is 14.2 Å². The van der Waals surface area contributed by atoms with Crippen LogP contribution in [0.3, 0.4) is 0 Å². The van der Waals surface area contributed by atoms with Crippen molar-refractivity contribution in [3.63, 3.8) is 0 Å². The summed E-state index contributed by atoms with van der Waals surface area (Å²) in [6.07, 6.45) is 0. The summed E-state index contributed by atoms with van der Waals surface area (Å²) in [5.41, 5.74) is 3.61. The van der Waals surface area contributed by atoms with Crippen molar-refractivity contribution in [1.29, 1.82) is 0 Å². The number of carbonyl (C=O) groups excluding carboxylic acids is 1. The monoisotopic (exact) mass is 413 g/mol. The van der Waals surface area contributed by atoms with Gasteiger partial charge in [0.15, 0.2) is 17.5 Å². The number of piperazine rings is 1. The van der Waals surface area contributed by atoms with Gasteiger partial charge in [-0.2, -0.15) is 0 Å². The van der Waals surface area contributed by atoms with Gasteiger partial charge >= 0.3 is 0 Å². The molecule has 162 valence electrons. The van der Waals surface area contributed by atoms with E-state index in [9.17, 15) is 4.79 Å². The van der Waals surface area contributed by atoms with Crippen LogP contribution in [0.4, 0.5) is 0 Å². The second-order valence-corrected chi connectivity index (χ2v) is 8.30. The van der Waals surface area contributed by atoms with Crippen molar-refractivity contribution in [2.24, 2.45) is 0 Å². The molecule has 6 nitrogen and oxygen atoms in total. The van der Waals surface area contributed by atoms with Crippen molar-refractivity contribution < 1.29 is 24.1 Å². The number of ether oxygens (including phenoxy) is 2. The van der Waals surface area contributed by atoms with Crippen molar-refractivity contribution >= 4 is 5.91 Å². The normalized spacial score (nSPS) is 19.8. The first kappa shape index (κ1) is 22.1. The molecule has 0 spiro atoms. The second kappa shape index (κ2) is 9.96. The number of hydrogen-bond donors (Lipinski definition) is 2. The maximum atomic E-state index is 13.0. The first-order valence-electron chi connectivity index (χ1n) is 10.6. The van der Waals surface area contributed by atoms with Crippen LogP contribution in [0, 0.1) is 6.92 Å². The molecule has 0 bridgehead atoms. The standard InChI is InChI=1S/C24H33N3O3/c1-18-15-21(29-4)22(30-5)16-20(18)17-26-11-13-27(14-12-26)23(24(28)25(2)3)19-9-7-6-8-10-19/h6-10,15-16,23H,11-14,17H2,1-5H3/p+2/t23-/m1/s1. The molecule has 1 amide bonds. The van der Waals surface area contributed by atoms with Crippen molar-refractivity contribution in [2.75, 3.05) is 54.5 Å². The summed E-state index contributed by atoms with van der Waals surface area (Å²) in [6, 6.07) is 14.2. The topological polar surface area (TPSA) is 47.7 Å². The fraction of sp³-hybridized carbons (Fsp3) is 0.458. The molecular formula is C24H35N3O3+2. The molecule has 1 saturated heterocycles. The largest absolute Gasteiger partial charge is 0.493 e. The van der Waals surface area contributed by atoms with E-state index in [1.54, 1.807) is 19.1 Å². The molecule has 2 N–H and O–H groups in total. The number of benzene rings is 2. The number of nitrogens with one attached hydrogen (secondary N) is 2. The summed E-state index contributed by atoms with van der Waals surface area (Å²) < 4.78 is 10.9. The molecule has 30 heavy (non-hydrogen) atoms. The summed E-state index contributed by atoms with van der Waals surface area (Å²) in [7, 11) is 7.04. The predicted molar refractivity (Wildman–Crippen MR) is 117 cm³/mol. The van der Waals surface area contributed by atoms with Gasteiger partial charge in [0, 0.05) is 25.2 Å². The van der Waals surface area contributed by atoms with E-state index in [1.807, 2.05) is 32.3 Å². The van der Waals surface area contributed by atoms with E-state index >= 15 is 0 Å². The highest BCUT2D eigenvalue weighted by molar-refractivity contribution is 5.81. The lowest BCUT2D eigenvalue weighted by atomic mass is 10.0. The molecule has 6 heteroatoms. The summed E-state index contributed by atoms with van der Waals surface area (Å²) in [5, 5.41) is 0. The number of nitrogens with zero attached hydrogens (tertiary/aromatic N) is 1. The van der Waals surface area contributed by atoms with E-state index in [1.165, 1.54) is 20.9 Å². The molecule has 2 aromatic carbocycles. The van der Waals surface area contributed by atoms with Crippen LogP contribution >= 0.6 is 0 Å². The lowest BCUT2D eigenvalue weighted by molar-refractivity contribution is -1.03. The van der Waals surface area contributed by atoms with E-state index in [0.717, 1.165) is 49.8 Å². The van der Waals surface area contributed by atoms with Crippen molar-refractivity contribution in [3.05, 3.63) is 59.2 Å². The maximum absolute atomic E-state index is 13.0. The molecule has 2 aromatic rings. The van der Waals surface area contributed by atoms with Gasteiger partial charge in [-0.25, -0.2) is 0 Å². The minimum Gasteiger partial charge on any atom is -0.493 e. The van der Waals surface area contributed by atoms with Crippen LogP contribution in [-0.2, 0) is 11.3 Å². The number of carbonyl (C=O) groups is 1. The zero-order chi connectivity index (χ0) is 21.7.